The zero-order valence-electron chi connectivity index (χ0n) is 17.4. The minimum Gasteiger partial charge on any atom is -0.496 e. The smallest absolute Gasteiger partial charge is 0.417 e. The number of aromatic nitrogens is 1. The van der Waals surface area contributed by atoms with Crippen molar-refractivity contribution in [2.75, 3.05) is 12.4 Å². The van der Waals surface area contributed by atoms with Crippen molar-refractivity contribution in [3.05, 3.63) is 53.6 Å². The minimum atomic E-state index is -4.79. The number of hydrogen-bond acceptors (Lipinski definition) is 5. The Hall–Kier alpha value is -3.21. The summed E-state index contributed by atoms with van der Waals surface area (Å²) in [6.45, 7) is 2.18. The van der Waals surface area contributed by atoms with Gasteiger partial charge in [-0.25, -0.2) is 4.39 Å². The summed E-state index contributed by atoms with van der Waals surface area (Å²) in [5.41, 5.74) is 2.67. The Balaban J connectivity index is 2.04. The summed E-state index contributed by atoms with van der Waals surface area (Å²) < 4.78 is 66.0. The molecule has 2 amide bonds. The van der Waals surface area contributed by atoms with Crippen molar-refractivity contribution in [3.63, 3.8) is 0 Å². The number of anilines is 1. The minimum absolute atomic E-state index is 0.00500. The van der Waals surface area contributed by atoms with Gasteiger partial charge in [-0.15, -0.1) is 0 Å². The number of hydrogen-bond donors (Lipinski definition) is 2. The maximum absolute atomic E-state index is 13.9. The van der Waals surface area contributed by atoms with E-state index in [4.69, 9.17) is 15.2 Å². The third kappa shape index (κ3) is 4.12. The van der Waals surface area contributed by atoms with Gasteiger partial charge in [0.25, 0.3) is 11.8 Å². The topological polar surface area (TPSA) is 104 Å². The van der Waals surface area contributed by atoms with Crippen LogP contribution in [0.15, 0.2) is 36.5 Å². The number of amides is 2. The number of nitrogens with two attached hydrogens (primary N) is 1. The second-order valence-corrected chi connectivity index (χ2v) is 7.63. The summed E-state index contributed by atoms with van der Waals surface area (Å²) in [5.74, 6) is -4.72. The molecule has 172 valence electrons. The highest BCUT2D eigenvalue weighted by atomic mass is 19.4. The van der Waals surface area contributed by atoms with Crippen molar-refractivity contribution in [1.29, 1.82) is 0 Å². The van der Waals surface area contributed by atoms with Crippen molar-refractivity contribution in [3.8, 4) is 5.75 Å². The fourth-order valence-corrected chi connectivity index (χ4v) is 3.84. The summed E-state index contributed by atoms with van der Waals surface area (Å²) in [6, 6.07) is 5.92. The molecule has 0 aliphatic carbocycles. The van der Waals surface area contributed by atoms with E-state index >= 15 is 0 Å². The van der Waals surface area contributed by atoms with Crippen LogP contribution in [0, 0.1) is 11.7 Å². The maximum Gasteiger partial charge on any atom is 0.417 e. The molecular weight excluding hydrogens is 434 g/mol. The number of primary amides is 1. The lowest BCUT2D eigenvalue weighted by atomic mass is 9.77. The number of ether oxygens (including phenoxy) is 2. The van der Waals surface area contributed by atoms with Crippen LogP contribution in [0.4, 0.5) is 23.2 Å². The second kappa shape index (κ2) is 8.38. The highest BCUT2D eigenvalue weighted by Gasteiger charge is 2.65. The predicted molar refractivity (Wildman–Crippen MR) is 106 cm³/mol. The highest BCUT2D eigenvalue weighted by molar-refractivity contribution is 5.97. The molecule has 3 N–H and O–H groups in total. The van der Waals surface area contributed by atoms with Gasteiger partial charge in [-0.3, -0.25) is 14.6 Å². The Bertz CT molecular complexity index is 1050. The molecule has 1 aromatic heterocycles. The normalized spacial score (nSPS) is 25.4. The fraction of sp³-hybridized carbons (Fsp3) is 0.381. The lowest BCUT2D eigenvalue weighted by Gasteiger charge is -2.32. The first-order valence-corrected chi connectivity index (χ1v) is 9.53. The number of methoxy groups -OCH3 is 1. The van der Waals surface area contributed by atoms with E-state index in [1.165, 1.54) is 38.4 Å². The number of halogens is 4. The van der Waals surface area contributed by atoms with Crippen LogP contribution in [-0.4, -0.2) is 41.8 Å². The summed E-state index contributed by atoms with van der Waals surface area (Å²) in [4.78, 5) is 28.1. The molecule has 1 fully saturated rings. The molecule has 1 aromatic carbocycles. The molecule has 2 heterocycles. The quantitative estimate of drug-likeness (QED) is 0.673. The Morgan fingerprint density at radius 3 is 2.53 bits per heavy atom. The van der Waals surface area contributed by atoms with Crippen LogP contribution in [-0.2, 0) is 9.53 Å². The monoisotopic (exact) mass is 455 g/mol. The van der Waals surface area contributed by atoms with E-state index in [1.807, 2.05) is 0 Å². The molecule has 2 aromatic rings. The molecule has 3 rings (SSSR count). The van der Waals surface area contributed by atoms with E-state index < -0.39 is 47.3 Å². The van der Waals surface area contributed by atoms with Gasteiger partial charge >= 0.3 is 6.18 Å². The molecule has 0 spiro atoms. The van der Waals surface area contributed by atoms with E-state index in [-0.39, 0.29) is 22.7 Å². The standard InChI is InChI=1S/C21H21F4N3O4/c1-10-16(13-5-4-11(22)8-15(13)31-3)17(32-20(10,2)21(23,24)25)19(30)28-12-6-7-27-14(9-12)18(26)29/h4-10,16-17H,1-3H3,(H2,26,29)(H,27,28,30)/t10-,16+,17-,20-/m0/s1. The number of benzene rings is 1. The van der Waals surface area contributed by atoms with Gasteiger partial charge < -0.3 is 20.5 Å². The van der Waals surface area contributed by atoms with E-state index in [0.717, 1.165) is 19.1 Å². The van der Waals surface area contributed by atoms with Crippen molar-refractivity contribution in [1.82, 2.24) is 4.98 Å². The molecule has 11 heteroatoms. The molecule has 1 aliphatic rings. The molecule has 0 saturated carbocycles. The van der Waals surface area contributed by atoms with Gasteiger partial charge in [-0.05, 0) is 25.1 Å². The molecule has 1 saturated heterocycles. The number of nitrogens with zero attached hydrogens (tertiary/aromatic N) is 1. The van der Waals surface area contributed by atoms with Gasteiger partial charge in [0.2, 0.25) is 0 Å². The van der Waals surface area contributed by atoms with Crippen molar-refractivity contribution in [2.24, 2.45) is 11.7 Å². The van der Waals surface area contributed by atoms with Crippen LogP contribution in [0.3, 0.4) is 0 Å². The zero-order valence-corrected chi connectivity index (χ0v) is 17.4. The van der Waals surface area contributed by atoms with Crippen LogP contribution in [0.25, 0.3) is 0 Å². The van der Waals surface area contributed by atoms with Gasteiger partial charge in [-0.2, -0.15) is 13.2 Å². The molecule has 0 bridgehead atoms. The average Bonchev–Trinajstić information content (AvgIpc) is 3.00. The third-order valence-corrected chi connectivity index (χ3v) is 5.76. The molecule has 0 radical (unpaired) electrons. The Morgan fingerprint density at radius 1 is 1.25 bits per heavy atom. The summed E-state index contributed by atoms with van der Waals surface area (Å²) >= 11 is 0. The fourth-order valence-electron chi connectivity index (χ4n) is 3.84. The van der Waals surface area contributed by atoms with Gasteiger partial charge in [0, 0.05) is 35.3 Å². The second-order valence-electron chi connectivity index (χ2n) is 7.63. The number of nitrogens with one attached hydrogen (secondary N) is 1. The van der Waals surface area contributed by atoms with Crippen LogP contribution >= 0.6 is 0 Å². The summed E-state index contributed by atoms with van der Waals surface area (Å²) in [7, 11) is 1.25. The number of pyridine rings is 1. The summed E-state index contributed by atoms with van der Waals surface area (Å²) in [5, 5.41) is 2.44. The Morgan fingerprint density at radius 2 is 1.94 bits per heavy atom. The van der Waals surface area contributed by atoms with E-state index in [1.54, 1.807) is 0 Å². The van der Waals surface area contributed by atoms with E-state index in [9.17, 15) is 27.2 Å². The van der Waals surface area contributed by atoms with Crippen molar-refractivity contribution < 1.29 is 36.6 Å². The van der Waals surface area contributed by atoms with Crippen LogP contribution in [0.1, 0.15) is 35.8 Å². The third-order valence-electron chi connectivity index (χ3n) is 5.76. The summed E-state index contributed by atoms with van der Waals surface area (Å²) in [6.07, 6.45) is -5.17. The maximum atomic E-state index is 13.9. The van der Waals surface area contributed by atoms with Gasteiger partial charge in [0.1, 0.15) is 23.4 Å². The van der Waals surface area contributed by atoms with Crippen LogP contribution in [0.5, 0.6) is 5.75 Å². The molecule has 7 nitrogen and oxygen atoms in total. The van der Waals surface area contributed by atoms with Gasteiger partial charge in [0.15, 0.2) is 5.60 Å². The van der Waals surface area contributed by atoms with E-state index in [0.29, 0.717) is 0 Å². The van der Waals surface area contributed by atoms with Crippen LogP contribution in [0.2, 0.25) is 0 Å². The molecular formula is C21H21F4N3O4. The first-order chi connectivity index (χ1) is 14.9. The number of alkyl halides is 3. The largest absolute Gasteiger partial charge is 0.496 e. The molecule has 4 atom stereocenters. The van der Waals surface area contributed by atoms with Crippen molar-refractivity contribution >= 4 is 17.5 Å². The Labute approximate surface area is 180 Å². The Kier molecular flexibility index (Phi) is 6.14. The first-order valence-electron chi connectivity index (χ1n) is 9.53. The molecule has 0 unspecified atom stereocenters. The van der Waals surface area contributed by atoms with Crippen LogP contribution < -0.4 is 15.8 Å². The van der Waals surface area contributed by atoms with E-state index in [2.05, 4.69) is 10.3 Å². The highest BCUT2D eigenvalue weighted by Crippen LogP contribution is 2.54. The molecule has 1 aliphatic heterocycles. The van der Waals surface area contributed by atoms with Gasteiger partial charge in [0.05, 0.1) is 7.11 Å². The first kappa shape index (κ1) is 23.5. The lowest BCUT2D eigenvalue weighted by Crippen LogP contribution is -2.47. The number of rotatable bonds is 5. The lowest BCUT2D eigenvalue weighted by molar-refractivity contribution is -0.272. The predicted octanol–water partition coefficient (Wildman–Crippen LogP) is 3.41. The van der Waals surface area contributed by atoms with Gasteiger partial charge in [-0.1, -0.05) is 13.0 Å². The van der Waals surface area contributed by atoms with Crippen molar-refractivity contribution in [2.45, 2.75) is 37.6 Å². The molecule has 32 heavy (non-hydrogen) atoms. The number of carbonyl (C=O) groups excluding carboxylic acids is 2. The number of carbonyl (C=O) groups is 2. The zero-order chi connectivity index (χ0) is 23.8. The average molecular weight is 455 g/mol. The SMILES string of the molecule is COc1cc(F)ccc1[C@@H]1[C@@H](C(=O)Nc2ccnc(C(N)=O)c2)O[C@](C)(C(F)(F)F)[C@H]1C.